The van der Waals surface area contributed by atoms with E-state index in [1.165, 1.54) is 6.07 Å². The predicted octanol–water partition coefficient (Wildman–Crippen LogP) is 2.27. The molecule has 1 aromatic carbocycles. The topological polar surface area (TPSA) is 60.2 Å². The Hall–Kier alpha value is -1.50. The Balaban J connectivity index is 0.00000147. The van der Waals surface area contributed by atoms with Crippen molar-refractivity contribution >= 4 is 12.4 Å². The molecule has 0 aliphatic carbocycles. The lowest BCUT2D eigenvalue weighted by Gasteiger charge is -2.19. The number of nitrogens with one attached hydrogen (secondary N) is 1. The van der Waals surface area contributed by atoms with Gasteiger partial charge in [-0.1, -0.05) is 5.16 Å². The van der Waals surface area contributed by atoms with Crippen LogP contribution in [0.5, 0.6) is 0 Å². The van der Waals surface area contributed by atoms with Crippen molar-refractivity contribution in [3.05, 3.63) is 35.5 Å². The maximum absolute atomic E-state index is 13.2. The molecule has 2 aromatic rings. The maximum Gasteiger partial charge on any atom is 0.257 e. The smallest absolute Gasteiger partial charge is 0.257 e. The third kappa shape index (κ3) is 2.98. The fourth-order valence-electron chi connectivity index (χ4n) is 1.99. The van der Waals surface area contributed by atoms with Crippen LogP contribution in [-0.2, 0) is 4.74 Å². The van der Waals surface area contributed by atoms with Crippen molar-refractivity contribution in [2.45, 2.75) is 13.0 Å². The molecule has 108 valence electrons. The molecular formula is C13H15ClFN3O2. The molecule has 1 aromatic heterocycles. The summed E-state index contributed by atoms with van der Waals surface area (Å²) in [6, 6.07) is 4.74. The Morgan fingerprint density at radius 2 is 2.25 bits per heavy atom. The molecule has 2 heterocycles. The third-order valence-corrected chi connectivity index (χ3v) is 3.06. The number of hydrogen-bond acceptors (Lipinski definition) is 5. The molecule has 0 saturated carbocycles. The molecule has 1 aliphatic rings. The van der Waals surface area contributed by atoms with Crippen LogP contribution in [0.3, 0.4) is 0 Å². The summed E-state index contributed by atoms with van der Waals surface area (Å²) in [6.07, 6.45) is -0.212. The summed E-state index contributed by atoms with van der Waals surface area (Å²) in [5, 5.41) is 7.11. The normalized spacial score (nSPS) is 18.6. The Kier molecular flexibility index (Phi) is 4.69. The monoisotopic (exact) mass is 299 g/mol. The summed E-state index contributed by atoms with van der Waals surface area (Å²) < 4.78 is 24.0. The van der Waals surface area contributed by atoms with E-state index in [0.29, 0.717) is 30.4 Å². The molecule has 0 bridgehead atoms. The van der Waals surface area contributed by atoms with Gasteiger partial charge in [0.15, 0.2) is 0 Å². The standard InChI is InChI=1S/C13H14FN3O2.ClH/c1-8-6-9(2-3-10(8)14)12-16-13(19-17-12)11-7-15-4-5-18-11;/h2-3,6,11,15H,4-5,7H2,1H3;1H/t11-;/m1./s1. The van der Waals surface area contributed by atoms with Gasteiger partial charge in [0.1, 0.15) is 11.9 Å². The van der Waals surface area contributed by atoms with Crippen LogP contribution < -0.4 is 5.32 Å². The van der Waals surface area contributed by atoms with Crippen LogP contribution >= 0.6 is 12.4 Å². The molecule has 0 unspecified atom stereocenters. The molecule has 1 saturated heterocycles. The van der Waals surface area contributed by atoms with Crippen LogP contribution in [0.15, 0.2) is 22.7 Å². The van der Waals surface area contributed by atoms with Gasteiger partial charge in [0, 0.05) is 18.7 Å². The summed E-state index contributed by atoms with van der Waals surface area (Å²) in [7, 11) is 0. The maximum atomic E-state index is 13.2. The lowest BCUT2D eigenvalue weighted by molar-refractivity contribution is 0.00755. The molecule has 0 amide bonds. The summed E-state index contributed by atoms with van der Waals surface area (Å²) in [5.74, 6) is 0.656. The van der Waals surface area contributed by atoms with Gasteiger partial charge in [-0.3, -0.25) is 0 Å². The molecular weight excluding hydrogens is 285 g/mol. The minimum Gasteiger partial charge on any atom is -0.366 e. The summed E-state index contributed by atoms with van der Waals surface area (Å²) in [6.45, 7) is 3.81. The second-order valence-electron chi connectivity index (χ2n) is 4.48. The van der Waals surface area contributed by atoms with Crippen molar-refractivity contribution in [3.8, 4) is 11.4 Å². The number of nitrogens with zero attached hydrogens (tertiary/aromatic N) is 2. The molecule has 7 heteroatoms. The number of rotatable bonds is 2. The van der Waals surface area contributed by atoms with E-state index in [1.54, 1.807) is 19.1 Å². The highest BCUT2D eigenvalue weighted by Crippen LogP contribution is 2.22. The number of aryl methyl sites for hydroxylation is 1. The lowest BCUT2D eigenvalue weighted by Crippen LogP contribution is -2.33. The predicted molar refractivity (Wildman–Crippen MR) is 73.2 cm³/mol. The van der Waals surface area contributed by atoms with Crippen molar-refractivity contribution in [1.82, 2.24) is 15.5 Å². The number of halogens is 2. The van der Waals surface area contributed by atoms with E-state index in [2.05, 4.69) is 15.5 Å². The second kappa shape index (κ2) is 6.30. The van der Waals surface area contributed by atoms with E-state index in [1.807, 2.05) is 0 Å². The van der Waals surface area contributed by atoms with Crippen LogP contribution in [0.2, 0.25) is 0 Å². The lowest BCUT2D eigenvalue weighted by atomic mass is 10.1. The van der Waals surface area contributed by atoms with Crippen LogP contribution in [0.25, 0.3) is 11.4 Å². The summed E-state index contributed by atoms with van der Waals surface area (Å²) in [5.41, 5.74) is 1.29. The van der Waals surface area contributed by atoms with E-state index >= 15 is 0 Å². The summed E-state index contributed by atoms with van der Waals surface area (Å²) in [4.78, 5) is 4.31. The fraction of sp³-hybridized carbons (Fsp3) is 0.385. The minimum atomic E-state index is -0.243. The highest BCUT2D eigenvalue weighted by atomic mass is 35.5. The highest BCUT2D eigenvalue weighted by Gasteiger charge is 2.22. The van der Waals surface area contributed by atoms with Crippen LogP contribution in [0.1, 0.15) is 17.6 Å². The SMILES string of the molecule is Cc1cc(-c2noc([C@H]3CNCCO3)n2)ccc1F.Cl. The molecule has 3 rings (SSSR count). The van der Waals surface area contributed by atoms with Gasteiger partial charge in [0.2, 0.25) is 5.82 Å². The van der Waals surface area contributed by atoms with Crippen molar-refractivity contribution in [3.63, 3.8) is 0 Å². The molecule has 0 radical (unpaired) electrons. The zero-order chi connectivity index (χ0) is 13.2. The van der Waals surface area contributed by atoms with Crippen molar-refractivity contribution in [1.29, 1.82) is 0 Å². The summed E-state index contributed by atoms with van der Waals surface area (Å²) >= 11 is 0. The van der Waals surface area contributed by atoms with E-state index in [0.717, 1.165) is 12.1 Å². The second-order valence-corrected chi connectivity index (χ2v) is 4.48. The van der Waals surface area contributed by atoms with E-state index in [4.69, 9.17) is 9.26 Å². The first-order valence-electron chi connectivity index (χ1n) is 6.16. The van der Waals surface area contributed by atoms with Gasteiger partial charge in [-0.15, -0.1) is 12.4 Å². The van der Waals surface area contributed by atoms with Gasteiger partial charge in [-0.25, -0.2) is 4.39 Å². The average Bonchev–Trinajstić information content (AvgIpc) is 2.93. The fourth-order valence-corrected chi connectivity index (χ4v) is 1.99. The van der Waals surface area contributed by atoms with Crippen LogP contribution in [0.4, 0.5) is 4.39 Å². The van der Waals surface area contributed by atoms with Crippen molar-refractivity contribution in [2.75, 3.05) is 19.7 Å². The quantitative estimate of drug-likeness (QED) is 0.922. The zero-order valence-electron chi connectivity index (χ0n) is 10.9. The largest absolute Gasteiger partial charge is 0.366 e. The molecule has 1 fully saturated rings. The zero-order valence-corrected chi connectivity index (χ0v) is 11.7. The Morgan fingerprint density at radius 3 is 2.95 bits per heavy atom. The van der Waals surface area contributed by atoms with Crippen molar-refractivity contribution in [2.24, 2.45) is 0 Å². The molecule has 0 spiro atoms. The van der Waals surface area contributed by atoms with Gasteiger partial charge in [0.05, 0.1) is 6.61 Å². The number of hydrogen-bond donors (Lipinski definition) is 1. The number of aromatic nitrogens is 2. The minimum absolute atomic E-state index is 0. The van der Waals surface area contributed by atoms with Gasteiger partial charge < -0.3 is 14.6 Å². The molecule has 5 nitrogen and oxygen atoms in total. The van der Waals surface area contributed by atoms with Gasteiger partial charge >= 0.3 is 0 Å². The number of morpholine rings is 1. The average molecular weight is 300 g/mol. The van der Waals surface area contributed by atoms with E-state index in [9.17, 15) is 4.39 Å². The van der Waals surface area contributed by atoms with Gasteiger partial charge in [-0.2, -0.15) is 4.98 Å². The molecule has 1 N–H and O–H groups in total. The molecule has 20 heavy (non-hydrogen) atoms. The van der Waals surface area contributed by atoms with Crippen LogP contribution in [0, 0.1) is 12.7 Å². The van der Waals surface area contributed by atoms with E-state index in [-0.39, 0.29) is 24.3 Å². The van der Waals surface area contributed by atoms with Gasteiger partial charge in [0.25, 0.3) is 5.89 Å². The first-order valence-corrected chi connectivity index (χ1v) is 6.16. The Labute approximate surface area is 121 Å². The Bertz CT molecular complexity index is 585. The third-order valence-electron chi connectivity index (χ3n) is 3.06. The molecule has 1 aliphatic heterocycles. The van der Waals surface area contributed by atoms with Gasteiger partial charge in [-0.05, 0) is 30.7 Å². The highest BCUT2D eigenvalue weighted by molar-refractivity contribution is 5.85. The molecule has 1 atom stereocenters. The first-order chi connectivity index (χ1) is 9.24. The van der Waals surface area contributed by atoms with Crippen LogP contribution in [-0.4, -0.2) is 29.8 Å². The Morgan fingerprint density at radius 1 is 1.40 bits per heavy atom. The first kappa shape index (κ1) is 14.9. The van der Waals surface area contributed by atoms with E-state index < -0.39 is 0 Å². The number of ether oxygens (including phenoxy) is 1. The van der Waals surface area contributed by atoms with Crippen molar-refractivity contribution < 1.29 is 13.7 Å². The number of benzene rings is 1.